The molecule has 8 nitrogen and oxygen atoms in total. The quantitative estimate of drug-likeness (QED) is 0.358. The molecule has 35 heavy (non-hydrogen) atoms. The van der Waals surface area contributed by atoms with Gasteiger partial charge in [-0.3, -0.25) is 4.57 Å². The normalized spacial score (nSPS) is 24.3. The summed E-state index contributed by atoms with van der Waals surface area (Å²) >= 11 is 0. The number of fused-ring (bicyclic) bond motifs is 2. The summed E-state index contributed by atoms with van der Waals surface area (Å²) in [6.07, 6.45) is -1.87. The number of ether oxygens (including phenoxy) is 4. The van der Waals surface area contributed by atoms with E-state index in [0.717, 1.165) is 6.04 Å². The second kappa shape index (κ2) is 9.51. The van der Waals surface area contributed by atoms with Crippen molar-refractivity contribution < 1.29 is 33.6 Å². The Morgan fingerprint density at radius 1 is 1.11 bits per heavy atom. The van der Waals surface area contributed by atoms with Gasteiger partial charge in [0.2, 0.25) is 0 Å². The Morgan fingerprint density at radius 3 is 2.60 bits per heavy atom. The van der Waals surface area contributed by atoms with E-state index in [2.05, 4.69) is 24.6 Å². The largest absolute Gasteiger partial charge is 0.508 e. The fourth-order valence-electron chi connectivity index (χ4n) is 4.42. The Kier molecular flexibility index (Phi) is 6.58. The molecule has 2 aliphatic rings. The van der Waals surface area contributed by atoms with Gasteiger partial charge in [0.1, 0.15) is 36.5 Å². The summed E-state index contributed by atoms with van der Waals surface area (Å²) in [7, 11) is -1.27. The Labute approximate surface area is 204 Å². The van der Waals surface area contributed by atoms with E-state index in [1.807, 2.05) is 0 Å². The van der Waals surface area contributed by atoms with Crippen molar-refractivity contribution in [1.29, 1.82) is 0 Å². The lowest BCUT2D eigenvalue weighted by Gasteiger charge is -2.20. The van der Waals surface area contributed by atoms with Crippen LogP contribution in [0.1, 0.15) is 0 Å². The van der Waals surface area contributed by atoms with Crippen LogP contribution in [0.4, 0.5) is 4.39 Å². The highest BCUT2D eigenvalue weighted by Gasteiger charge is 2.48. The standard InChI is InChI=1S/C25H31FN2O6Si/c1-35(2,3)9-8-31-14-28-19-10-17(26)23(15-4-6-16(29)7-5-15)27-18(19)11-22(28)34-21-13-33-24-20(30)12-32-25(21)24/h4-7,10-11,20-21,24-25,29-30H,8-9,12-14H2,1-3H3/t20-,21-,24-,25-/m1/s1. The van der Waals surface area contributed by atoms with Gasteiger partial charge in [0.15, 0.2) is 17.8 Å². The molecule has 0 unspecified atom stereocenters. The van der Waals surface area contributed by atoms with E-state index in [0.29, 0.717) is 29.1 Å². The third-order valence-corrected chi connectivity index (χ3v) is 8.12. The van der Waals surface area contributed by atoms with Crippen molar-refractivity contribution in [3.63, 3.8) is 0 Å². The van der Waals surface area contributed by atoms with Gasteiger partial charge in [0, 0.05) is 32.4 Å². The predicted molar refractivity (Wildman–Crippen MR) is 131 cm³/mol. The number of aromatic hydroxyl groups is 1. The highest BCUT2D eigenvalue weighted by Crippen LogP contribution is 2.34. The van der Waals surface area contributed by atoms with Gasteiger partial charge in [-0.25, -0.2) is 9.37 Å². The molecule has 0 bridgehead atoms. The summed E-state index contributed by atoms with van der Waals surface area (Å²) in [6, 6.07) is 10.4. The first-order chi connectivity index (χ1) is 16.7. The Hall–Kier alpha value is -2.50. The van der Waals surface area contributed by atoms with Crippen LogP contribution in [0.2, 0.25) is 25.7 Å². The number of nitrogens with zero attached hydrogens (tertiary/aromatic N) is 2. The minimum atomic E-state index is -1.27. The fraction of sp³-hybridized carbons (Fsp3) is 0.480. The molecule has 188 valence electrons. The first-order valence-corrected chi connectivity index (χ1v) is 15.6. The van der Waals surface area contributed by atoms with Gasteiger partial charge in [0.05, 0.1) is 24.2 Å². The van der Waals surface area contributed by atoms with Gasteiger partial charge >= 0.3 is 0 Å². The molecule has 2 aliphatic heterocycles. The van der Waals surface area contributed by atoms with Crippen molar-refractivity contribution in [1.82, 2.24) is 9.55 Å². The summed E-state index contributed by atoms with van der Waals surface area (Å²) in [6.45, 7) is 8.13. The highest BCUT2D eigenvalue weighted by atomic mass is 28.3. The van der Waals surface area contributed by atoms with Gasteiger partial charge < -0.3 is 29.2 Å². The van der Waals surface area contributed by atoms with Gasteiger partial charge in [-0.15, -0.1) is 0 Å². The van der Waals surface area contributed by atoms with Crippen LogP contribution in [0.3, 0.4) is 0 Å². The maximum absolute atomic E-state index is 15.2. The van der Waals surface area contributed by atoms with E-state index in [1.54, 1.807) is 22.8 Å². The molecule has 2 N–H and O–H groups in total. The zero-order valence-corrected chi connectivity index (χ0v) is 21.1. The number of pyridine rings is 1. The van der Waals surface area contributed by atoms with E-state index >= 15 is 4.39 Å². The van der Waals surface area contributed by atoms with Gasteiger partial charge in [0.25, 0.3) is 0 Å². The molecular weight excluding hydrogens is 471 g/mol. The van der Waals surface area contributed by atoms with Crippen molar-refractivity contribution >= 4 is 19.1 Å². The van der Waals surface area contributed by atoms with Crippen molar-refractivity contribution in [2.24, 2.45) is 0 Å². The van der Waals surface area contributed by atoms with Crippen LogP contribution in [0.15, 0.2) is 36.4 Å². The zero-order valence-electron chi connectivity index (χ0n) is 20.1. The minimum Gasteiger partial charge on any atom is -0.508 e. The van der Waals surface area contributed by atoms with Gasteiger partial charge in [-0.05, 0) is 30.3 Å². The molecule has 5 rings (SSSR count). The van der Waals surface area contributed by atoms with Crippen molar-refractivity contribution in [2.75, 3.05) is 19.8 Å². The molecule has 1 aromatic carbocycles. The summed E-state index contributed by atoms with van der Waals surface area (Å²) < 4.78 is 40.6. The van der Waals surface area contributed by atoms with Crippen molar-refractivity contribution in [3.8, 4) is 22.9 Å². The predicted octanol–water partition coefficient (Wildman–Crippen LogP) is 3.77. The Bertz CT molecular complexity index is 1200. The lowest BCUT2D eigenvalue weighted by molar-refractivity contribution is 0.00479. The molecule has 2 fully saturated rings. The van der Waals surface area contributed by atoms with Crippen LogP contribution in [-0.4, -0.2) is 72.1 Å². The molecule has 4 atom stereocenters. The fourth-order valence-corrected chi connectivity index (χ4v) is 5.17. The Morgan fingerprint density at radius 2 is 1.86 bits per heavy atom. The third-order valence-electron chi connectivity index (χ3n) is 6.41. The van der Waals surface area contributed by atoms with Crippen molar-refractivity contribution in [3.05, 3.63) is 42.2 Å². The monoisotopic (exact) mass is 502 g/mol. The van der Waals surface area contributed by atoms with E-state index in [9.17, 15) is 10.2 Å². The number of halogens is 1. The van der Waals surface area contributed by atoms with Crippen LogP contribution in [0.5, 0.6) is 11.6 Å². The third kappa shape index (κ3) is 5.07. The van der Waals surface area contributed by atoms with Crippen LogP contribution in [-0.2, 0) is 20.9 Å². The number of phenols is 1. The molecule has 2 saturated heterocycles. The molecule has 2 aromatic heterocycles. The summed E-state index contributed by atoms with van der Waals surface area (Å²) in [5, 5.41) is 19.6. The summed E-state index contributed by atoms with van der Waals surface area (Å²) in [5.41, 5.74) is 1.86. The summed E-state index contributed by atoms with van der Waals surface area (Å²) in [5.74, 6) is 0.0913. The Balaban J connectivity index is 1.46. The zero-order chi connectivity index (χ0) is 24.7. The van der Waals surface area contributed by atoms with E-state index < -0.39 is 32.2 Å². The topological polar surface area (TPSA) is 95.2 Å². The summed E-state index contributed by atoms with van der Waals surface area (Å²) in [4.78, 5) is 4.57. The molecule has 0 saturated carbocycles. The lowest BCUT2D eigenvalue weighted by Crippen LogP contribution is -2.35. The molecule has 0 aliphatic carbocycles. The number of rotatable bonds is 8. The number of phenolic OH excluding ortho intramolecular Hbond substituents is 1. The maximum atomic E-state index is 15.2. The van der Waals surface area contributed by atoms with Gasteiger partial charge in [-0.1, -0.05) is 19.6 Å². The number of aliphatic hydroxyl groups is 1. The minimum absolute atomic E-state index is 0.101. The lowest BCUT2D eigenvalue weighted by atomic mass is 10.1. The smallest absolute Gasteiger partial charge is 0.198 e. The SMILES string of the molecule is C[Si](C)(C)CCOCn1c(O[C@@H]2CO[C@H]3[C@@H]2OC[C@H]3O)cc2nc(-c3ccc(O)cc3)c(F)cc21. The molecule has 0 spiro atoms. The van der Waals surface area contributed by atoms with Crippen LogP contribution in [0, 0.1) is 5.82 Å². The maximum Gasteiger partial charge on any atom is 0.198 e. The number of aromatic nitrogens is 2. The average Bonchev–Trinajstić information content (AvgIpc) is 3.47. The average molecular weight is 503 g/mol. The van der Waals surface area contributed by atoms with Crippen molar-refractivity contribution in [2.45, 2.75) is 56.8 Å². The van der Waals surface area contributed by atoms with E-state index in [4.69, 9.17) is 18.9 Å². The second-order valence-corrected chi connectivity index (χ2v) is 16.0. The van der Waals surface area contributed by atoms with E-state index in [-0.39, 0.29) is 37.5 Å². The van der Waals surface area contributed by atoms with E-state index in [1.165, 1.54) is 18.2 Å². The number of hydrogen-bond acceptors (Lipinski definition) is 7. The molecular formula is C25H31FN2O6Si. The van der Waals surface area contributed by atoms with Crippen LogP contribution < -0.4 is 4.74 Å². The number of hydrogen-bond donors (Lipinski definition) is 2. The highest BCUT2D eigenvalue weighted by molar-refractivity contribution is 6.76. The molecule has 10 heteroatoms. The molecule has 4 heterocycles. The van der Waals surface area contributed by atoms with Gasteiger partial charge in [-0.2, -0.15) is 0 Å². The first kappa shape index (κ1) is 24.2. The van der Waals surface area contributed by atoms with Crippen LogP contribution >= 0.6 is 0 Å². The second-order valence-electron chi connectivity index (χ2n) is 10.3. The molecule has 3 aromatic rings. The number of benzene rings is 1. The van der Waals surface area contributed by atoms with Crippen LogP contribution in [0.25, 0.3) is 22.3 Å². The molecule has 0 radical (unpaired) electrons. The molecule has 0 amide bonds. The first-order valence-electron chi connectivity index (χ1n) is 11.8. The number of aliphatic hydroxyl groups excluding tert-OH is 1.